The molecule has 11 heteroatoms. The molecule has 0 saturated carbocycles. The minimum Gasteiger partial charge on any atom is -0.444 e. The number of imidazole rings is 1. The van der Waals surface area contributed by atoms with Crippen molar-refractivity contribution in [3.8, 4) is 0 Å². The summed E-state index contributed by atoms with van der Waals surface area (Å²) in [5.74, 6) is -0.206. The quantitative estimate of drug-likeness (QED) is 0.587. The molecule has 0 bridgehead atoms. The first-order chi connectivity index (χ1) is 15.9. The standard InChI is InChI=1S/C23H28FN5O4S/c1-23(2,3)33-22(30)28-10-7-15(8-11-28)18-14-26-21-20(25-9-12-29(18)21)27-16-5-6-19(17(24)13-16)34(4,31)32/h5-6,9,12-15H,7-8,10-11H2,1-4H3,(H,25,27). The van der Waals surface area contributed by atoms with Gasteiger partial charge < -0.3 is 15.0 Å². The van der Waals surface area contributed by atoms with Crippen molar-refractivity contribution < 1.29 is 22.3 Å². The van der Waals surface area contributed by atoms with Crippen molar-refractivity contribution in [2.75, 3.05) is 24.7 Å². The number of fused-ring (bicyclic) bond motifs is 1. The van der Waals surface area contributed by atoms with E-state index < -0.39 is 21.3 Å². The highest BCUT2D eigenvalue weighted by molar-refractivity contribution is 7.90. The van der Waals surface area contributed by atoms with Crippen LogP contribution in [-0.2, 0) is 14.6 Å². The average Bonchev–Trinajstić information content (AvgIpc) is 3.17. The second-order valence-electron chi connectivity index (χ2n) is 9.44. The fraction of sp³-hybridized carbons (Fsp3) is 0.435. The number of nitrogens with one attached hydrogen (secondary N) is 1. The van der Waals surface area contributed by atoms with E-state index in [1.54, 1.807) is 17.3 Å². The Bertz CT molecular complexity index is 1320. The van der Waals surface area contributed by atoms with Crippen LogP contribution in [-0.4, -0.2) is 58.7 Å². The van der Waals surface area contributed by atoms with E-state index in [-0.39, 0.29) is 16.9 Å². The lowest BCUT2D eigenvalue weighted by Gasteiger charge is -2.33. The van der Waals surface area contributed by atoms with E-state index in [0.29, 0.717) is 30.2 Å². The van der Waals surface area contributed by atoms with E-state index in [0.717, 1.165) is 30.9 Å². The largest absolute Gasteiger partial charge is 0.444 e. The summed E-state index contributed by atoms with van der Waals surface area (Å²) in [7, 11) is -3.65. The monoisotopic (exact) mass is 489 g/mol. The third kappa shape index (κ3) is 5.14. The van der Waals surface area contributed by atoms with Gasteiger partial charge in [-0.3, -0.25) is 4.40 Å². The Labute approximate surface area is 197 Å². The summed E-state index contributed by atoms with van der Waals surface area (Å²) in [6, 6.07) is 3.83. The lowest BCUT2D eigenvalue weighted by atomic mass is 9.94. The third-order valence-corrected chi connectivity index (χ3v) is 6.75. The lowest BCUT2D eigenvalue weighted by Crippen LogP contribution is -2.41. The van der Waals surface area contributed by atoms with Crippen LogP contribution in [0.4, 0.5) is 20.7 Å². The molecule has 182 valence electrons. The number of benzene rings is 1. The van der Waals surface area contributed by atoms with E-state index in [9.17, 15) is 17.6 Å². The first kappa shape index (κ1) is 23.9. The molecule has 0 aliphatic carbocycles. The normalized spacial score (nSPS) is 15.5. The minimum absolute atomic E-state index is 0.204. The van der Waals surface area contributed by atoms with Gasteiger partial charge in [0.25, 0.3) is 0 Å². The van der Waals surface area contributed by atoms with Gasteiger partial charge >= 0.3 is 6.09 Å². The fourth-order valence-electron chi connectivity index (χ4n) is 4.03. The number of rotatable bonds is 4. The number of anilines is 2. The van der Waals surface area contributed by atoms with Crippen molar-refractivity contribution in [1.29, 1.82) is 0 Å². The van der Waals surface area contributed by atoms with Gasteiger partial charge in [-0.15, -0.1) is 0 Å². The molecule has 2 aromatic heterocycles. The van der Waals surface area contributed by atoms with Crippen molar-refractivity contribution in [2.45, 2.75) is 50.0 Å². The molecule has 0 atom stereocenters. The Morgan fingerprint density at radius 3 is 2.53 bits per heavy atom. The van der Waals surface area contributed by atoms with Gasteiger partial charge in [-0.25, -0.2) is 27.6 Å². The molecule has 1 aliphatic rings. The minimum atomic E-state index is -3.65. The van der Waals surface area contributed by atoms with Gasteiger partial charge in [-0.05, 0) is 51.8 Å². The Balaban J connectivity index is 1.51. The number of sulfone groups is 1. The van der Waals surface area contributed by atoms with Gasteiger partial charge in [0.05, 0.1) is 0 Å². The van der Waals surface area contributed by atoms with Gasteiger partial charge in [0.1, 0.15) is 16.3 Å². The number of carbonyl (C=O) groups is 1. The molecule has 1 N–H and O–H groups in total. The molecule has 1 amide bonds. The maximum Gasteiger partial charge on any atom is 0.410 e. The number of carbonyl (C=O) groups excluding carboxylic acids is 1. The Hall–Kier alpha value is -3.21. The van der Waals surface area contributed by atoms with Crippen LogP contribution in [0.5, 0.6) is 0 Å². The van der Waals surface area contributed by atoms with Gasteiger partial charge in [0.2, 0.25) is 0 Å². The Kier molecular flexibility index (Phi) is 6.24. The van der Waals surface area contributed by atoms with E-state index in [2.05, 4.69) is 15.3 Å². The Morgan fingerprint density at radius 2 is 1.91 bits per heavy atom. The van der Waals surface area contributed by atoms with Crippen molar-refractivity contribution in [3.05, 3.63) is 48.3 Å². The van der Waals surface area contributed by atoms with Crippen LogP contribution in [0.1, 0.15) is 45.2 Å². The molecule has 1 aromatic carbocycles. The maximum absolute atomic E-state index is 14.3. The summed E-state index contributed by atoms with van der Waals surface area (Å²) in [6.45, 7) is 6.74. The SMILES string of the molecule is CC(C)(C)OC(=O)N1CCC(c2cnc3c(Nc4ccc(S(C)(=O)=O)c(F)c4)nccn23)CC1. The number of aromatic nitrogens is 3. The zero-order valence-corrected chi connectivity index (χ0v) is 20.4. The summed E-state index contributed by atoms with van der Waals surface area (Å²) in [5.41, 5.74) is 1.41. The van der Waals surface area contributed by atoms with Crippen LogP contribution in [0.2, 0.25) is 0 Å². The molecule has 0 unspecified atom stereocenters. The predicted octanol–water partition coefficient (Wildman–Crippen LogP) is 4.13. The van der Waals surface area contributed by atoms with Crippen LogP contribution in [0.25, 0.3) is 5.65 Å². The fourth-order valence-corrected chi connectivity index (χ4v) is 4.76. The molecule has 1 fully saturated rings. The summed E-state index contributed by atoms with van der Waals surface area (Å²) in [4.78, 5) is 22.6. The first-order valence-electron chi connectivity index (χ1n) is 11.0. The summed E-state index contributed by atoms with van der Waals surface area (Å²) in [5, 5.41) is 3.03. The zero-order valence-electron chi connectivity index (χ0n) is 19.6. The van der Waals surface area contributed by atoms with Gasteiger partial charge in [0, 0.05) is 55.2 Å². The van der Waals surface area contributed by atoms with Crippen molar-refractivity contribution in [1.82, 2.24) is 19.3 Å². The topological polar surface area (TPSA) is 106 Å². The van der Waals surface area contributed by atoms with E-state index in [1.165, 1.54) is 12.1 Å². The van der Waals surface area contributed by atoms with E-state index in [4.69, 9.17) is 4.74 Å². The van der Waals surface area contributed by atoms with Crippen LogP contribution in [0.15, 0.2) is 41.7 Å². The van der Waals surface area contributed by atoms with Crippen LogP contribution in [0, 0.1) is 5.82 Å². The first-order valence-corrected chi connectivity index (χ1v) is 12.9. The highest BCUT2D eigenvalue weighted by atomic mass is 32.2. The highest BCUT2D eigenvalue weighted by Gasteiger charge is 2.29. The molecule has 9 nitrogen and oxygen atoms in total. The summed E-state index contributed by atoms with van der Waals surface area (Å²) in [6.07, 6.45) is 7.45. The number of hydrogen-bond donors (Lipinski definition) is 1. The molecular formula is C23H28FN5O4S. The molecular weight excluding hydrogens is 461 g/mol. The van der Waals surface area contributed by atoms with E-state index in [1.807, 2.05) is 31.4 Å². The summed E-state index contributed by atoms with van der Waals surface area (Å²) >= 11 is 0. The highest BCUT2D eigenvalue weighted by Crippen LogP contribution is 2.31. The number of piperidine rings is 1. The number of hydrogen-bond acceptors (Lipinski definition) is 7. The Morgan fingerprint density at radius 1 is 1.21 bits per heavy atom. The van der Waals surface area contributed by atoms with Gasteiger partial charge in [0.15, 0.2) is 21.3 Å². The lowest BCUT2D eigenvalue weighted by molar-refractivity contribution is 0.0204. The zero-order chi connectivity index (χ0) is 24.7. The molecule has 0 spiro atoms. The van der Waals surface area contributed by atoms with Crippen molar-refractivity contribution in [3.63, 3.8) is 0 Å². The van der Waals surface area contributed by atoms with Gasteiger partial charge in [-0.1, -0.05) is 0 Å². The number of halogens is 1. The third-order valence-electron chi connectivity index (χ3n) is 5.62. The van der Waals surface area contributed by atoms with Crippen LogP contribution in [0.3, 0.4) is 0 Å². The smallest absolute Gasteiger partial charge is 0.410 e. The molecule has 34 heavy (non-hydrogen) atoms. The number of amides is 1. The van der Waals surface area contributed by atoms with Crippen molar-refractivity contribution in [2.24, 2.45) is 0 Å². The summed E-state index contributed by atoms with van der Waals surface area (Å²) < 4.78 is 45.0. The average molecular weight is 490 g/mol. The molecule has 0 radical (unpaired) electrons. The number of nitrogens with zero attached hydrogens (tertiary/aromatic N) is 4. The molecule has 4 rings (SSSR count). The van der Waals surface area contributed by atoms with E-state index >= 15 is 0 Å². The second kappa shape index (κ2) is 8.86. The van der Waals surface area contributed by atoms with Gasteiger partial charge in [-0.2, -0.15) is 0 Å². The predicted molar refractivity (Wildman–Crippen MR) is 126 cm³/mol. The number of ether oxygens (including phenoxy) is 1. The maximum atomic E-state index is 14.3. The molecule has 1 aliphatic heterocycles. The second-order valence-corrected chi connectivity index (χ2v) is 11.4. The molecule has 3 heterocycles. The van der Waals surface area contributed by atoms with Crippen LogP contribution < -0.4 is 5.32 Å². The number of likely N-dealkylation sites (tertiary alicyclic amines) is 1. The van der Waals surface area contributed by atoms with Crippen LogP contribution >= 0.6 is 0 Å². The van der Waals surface area contributed by atoms with Crippen molar-refractivity contribution >= 4 is 33.1 Å². The molecule has 3 aromatic rings. The molecule has 1 saturated heterocycles.